The van der Waals surface area contributed by atoms with Gasteiger partial charge in [0.25, 0.3) is 0 Å². The van der Waals surface area contributed by atoms with Crippen LogP contribution in [0, 0.1) is 0 Å². The molecule has 0 aromatic carbocycles. The summed E-state index contributed by atoms with van der Waals surface area (Å²) in [4.78, 5) is 11.0. The minimum Gasteiger partial charge on any atom is -0.295 e. The molecule has 0 unspecified atom stereocenters. The quantitative estimate of drug-likeness (QED) is 0.322. The van der Waals surface area contributed by atoms with E-state index in [1.807, 2.05) is 0 Å². The molecule has 0 aliphatic heterocycles. The summed E-state index contributed by atoms with van der Waals surface area (Å²) in [5, 5.41) is 0. The molecule has 0 spiro atoms. The third-order valence-electron chi connectivity index (χ3n) is 1.69. The number of rotatable bonds is 7. The predicted molar refractivity (Wildman–Crippen MR) is 53.1 cm³/mol. The molecule has 1 heteroatoms. The molecule has 0 rings (SSSR count). The Hall–Kier alpha value is -0.850. The van der Waals surface area contributed by atoms with E-state index in [-0.39, 0.29) is 5.78 Å². The molecular formula is C11H18O. The Labute approximate surface area is 75.2 Å². The second kappa shape index (κ2) is 8.25. The molecule has 0 bridgehead atoms. The monoisotopic (exact) mass is 166 g/mol. The molecule has 0 atom stereocenters. The minimum absolute atomic E-state index is 0.214. The first-order chi connectivity index (χ1) is 5.81. The van der Waals surface area contributed by atoms with Gasteiger partial charge in [0.1, 0.15) is 0 Å². The van der Waals surface area contributed by atoms with Crippen LogP contribution in [0.5, 0.6) is 0 Å². The van der Waals surface area contributed by atoms with Crippen LogP contribution in [0.4, 0.5) is 0 Å². The molecule has 0 radical (unpaired) electrons. The van der Waals surface area contributed by atoms with Crippen molar-refractivity contribution in [2.24, 2.45) is 0 Å². The van der Waals surface area contributed by atoms with Gasteiger partial charge in [0.15, 0.2) is 5.78 Å². The number of carbonyl (C=O) groups is 1. The summed E-state index contributed by atoms with van der Waals surface area (Å²) < 4.78 is 0. The largest absolute Gasteiger partial charge is 0.295 e. The molecule has 0 heterocycles. The first-order valence-electron chi connectivity index (χ1n) is 4.63. The van der Waals surface area contributed by atoms with Crippen molar-refractivity contribution >= 4 is 5.78 Å². The standard InChI is InChI=1S/C11H18O/c1-3-5-7-8-10-11(12)9-6-4-2/h4,6,9H,2-3,5,7-8,10H2,1H3. The highest BCUT2D eigenvalue weighted by atomic mass is 16.1. The molecule has 0 aromatic heterocycles. The van der Waals surface area contributed by atoms with Crippen LogP contribution >= 0.6 is 0 Å². The summed E-state index contributed by atoms with van der Waals surface area (Å²) in [7, 11) is 0. The van der Waals surface area contributed by atoms with Gasteiger partial charge < -0.3 is 0 Å². The average Bonchev–Trinajstić information content (AvgIpc) is 2.09. The minimum atomic E-state index is 0.214. The highest BCUT2D eigenvalue weighted by molar-refractivity contribution is 5.89. The summed E-state index contributed by atoms with van der Waals surface area (Å²) in [5.74, 6) is 0.214. The average molecular weight is 166 g/mol. The lowest BCUT2D eigenvalue weighted by Crippen LogP contribution is -1.91. The summed E-state index contributed by atoms with van der Waals surface area (Å²) in [6, 6.07) is 0. The molecule has 0 amide bonds. The zero-order valence-corrected chi connectivity index (χ0v) is 7.88. The van der Waals surface area contributed by atoms with Crippen molar-refractivity contribution in [2.45, 2.75) is 39.0 Å². The fourth-order valence-corrected chi connectivity index (χ4v) is 0.985. The van der Waals surface area contributed by atoms with E-state index in [4.69, 9.17) is 0 Å². The van der Waals surface area contributed by atoms with Crippen molar-refractivity contribution in [1.82, 2.24) is 0 Å². The van der Waals surface area contributed by atoms with Crippen molar-refractivity contribution in [2.75, 3.05) is 0 Å². The molecule has 68 valence electrons. The highest BCUT2D eigenvalue weighted by Crippen LogP contribution is 2.03. The first kappa shape index (κ1) is 11.2. The van der Waals surface area contributed by atoms with Crippen LogP contribution in [0.2, 0.25) is 0 Å². The fourth-order valence-electron chi connectivity index (χ4n) is 0.985. The maximum absolute atomic E-state index is 11.0. The van der Waals surface area contributed by atoms with Gasteiger partial charge >= 0.3 is 0 Å². The molecular weight excluding hydrogens is 148 g/mol. The van der Waals surface area contributed by atoms with Crippen molar-refractivity contribution < 1.29 is 4.79 Å². The van der Waals surface area contributed by atoms with E-state index >= 15 is 0 Å². The van der Waals surface area contributed by atoms with Crippen LogP contribution < -0.4 is 0 Å². The molecule has 0 aliphatic rings. The molecule has 0 aromatic rings. The lowest BCUT2D eigenvalue weighted by atomic mass is 10.1. The van der Waals surface area contributed by atoms with Crippen molar-refractivity contribution in [1.29, 1.82) is 0 Å². The number of carbonyl (C=O) groups excluding carboxylic acids is 1. The van der Waals surface area contributed by atoms with Gasteiger partial charge in [-0.05, 0) is 12.5 Å². The normalized spacial score (nSPS) is 10.4. The number of ketones is 1. The van der Waals surface area contributed by atoms with E-state index in [1.54, 1.807) is 18.2 Å². The number of hydrogen-bond donors (Lipinski definition) is 0. The smallest absolute Gasteiger partial charge is 0.155 e. The highest BCUT2D eigenvalue weighted by Gasteiger charge is 1.94. The first-order valence-corrected chi connectivity index (χ1v) is 4.63. The zero-order valence-electron chi connectivity index (χ0n) is 7.88. The van der Waals surface area contributed by atoms with E-state index in [0.717, 1.165) is 6.42 Å². The lowest BCUT2D eigenvalue weighted by Gasteiger charge is -1.94. The van der Waals surface area contributed by atoms with Crippen molar-refractivity contribution in [3.8, 4) is 0 Å². The van der Waals surface area contributed by atoms with E-state index in [0.29, 0.717) is 6.42 Å². The van der Waals surface area contributed by atoms with Gasteiger partial charge in [-0.3, -0.25) is 4.79 Å². The number of unbranched alkanes of at least 4 members (excludes halogenated alkanes) is 3. The molecule has 0 saturated heterocycles. The Kier molecular flexibility index (Phi) is 7.66. The van der Waals surface area contributed by atoms with Gasteiger partial charge in [0.2, 0.25) is 0 Å². The van der Waals surface area contributed by atoms with Gasteiger partial charge in [-0.15, -0.1) is 0 Å². The summed E-state index contributed by atoms with van der Waals surface area (Å²) in [6.07, 6.45) is 10.3. The Bertz CT molecular complexity index is 156. The van der Waals surface area contributed by atoms with Gasteiger partial charge in [-0.25, -0.2) is 0 Å². The second-order valence-electron chi connectivity index (χ2n) is 2.87. The number of hydrogen-bond acceptors (Lipinski definition) is 1. The van der Waals surface area contributed by atoms with Crippen LogP contribution in [-0.2, 0) is 4.79 Å². The van der Waals surface area contributed by atoms with Gasteiger partial charge in [-0.1, -0.05) is 44.9 Å². The summed E-state index contributed by atoms with van der Waals surface area (Å²) in [5.41, 5.74) is 0. The van der Waals surface area contributed by atoms with Crippen LogP contribution in [0.25, 0.3) is 0 Å². The Morgan fingerprint density at radius 1 is 1.33 bits per heavy atom. The van der Waals surface area contributed by atoms with Gasteiger partial charge in [0.05, 0.1) is 0 Å². The van der Waals surface area contributed by atoms with Crippen LogP contribution in [-0.4, -0.2) is 5.78 Å². The molecule has 0 N–H and O–H groups in total. The molecule has 0 fully saturated rings. The summed E-state index contributed by atoms with van der Waals surface area (Å²) >= 11 is 0. The summed E-state index contributed by atoms with van der Waals surface area (Å²) in [6.45, 7) is 5.67. The molecule has 12 heavy (non-hydrogen) atoms. The van der Waals surface area contributed by atoms with E-state index < -0.39 is 0 Å². The van der Waals surface area contributed by atoms with Crippen LogP contribution in [0.1, 0.15) is 39.0 Å². The van der Waals surface area contributed by atoms with E-state index in [9.17, 15) is 4.79 Å². The number of allylic oxidation sites excluding steroid dienone is 3. The fraction of sp³-hybridized carbons (Fsp3) is 0.545. The topological polar surface area (TPSA) is 17.1 Å². The lowest BCUT2D eigenvalue weighted by molar-refractivity contribution is -0.114. The third kappa shape index (κ3) is 7.26. The van der Waals surface area contributed by atoms with E-state index in [1.165, 1.54) is 19.3 Å². The molecule has 0 aliphatic carbocycles. The maximum atomic E-state index is 11.0. The zero-order chi connectivity index (χ0) is 9.23. The SMILES string of the molecule is C=CC=CC(=O)CCCCCC. The molecule has 0 saturated carbocycles. The van der Waals surface area contributed by atoms with Crippen molar-refractivity contribution in [3.05, 3.63) is 24.8 Å². The van der Waals surface area contributed by atoms with Crippen LogP contribution in [0.15, 0.2) is 24.8 Å². The Morgan fingerprint density at radius 2 is 2.08 bits per heavy atom. The van der Waals surface area contributed by atoms with E-state index in [2.05, 4.69) is 13.5 Å². The molecule has 1 nitrogen and oxygen atoms in total. The van der Waals surface area contributed by atoms with Crippen molar-refractivity contribution in [3.63, 3.8) is 0 Å². The second-order valence-corrected chi connectivity index (χ2v) is 2.87. The van der Waals surface area contributed by atoms with Gasteiger partial charge in [0, 0.05) is 6.42 Å². The Balaban J connectivity index is 3.31. The van der Waals surface area contributed by atoms with Gasteiger partial charge in [-0.2, -0.15) is 0 Å². The third-order valence-corrected chi connectivity index (χ3v) is 1.69. The Morgan fingerprint density at radius 3 is 2.67 bits per heavy atom. The predicted octanol–water partition coefficient (Wildman–Crippen LogP) is 3.27. The maximum Gasteiger partial charge on any atom is 0.155 e. The van der Waals surface area contributed by atoms with Crippen LogP contribution in [0.3, 0.4) is 0 Å².